The predicted molar refractivity (Wildman–Crippen MR) is 71.8 cm³/mol. The lowest BCUT2D eigenvalue weighted by atomic mass is 10.1. The molecule has 0 heterocycles. The summed E-state index contributed by atoms with van der Waals surface area (Å²) in [6, 6.07) is 5.91. The van der Waals surface area contributed by atoms with Gasteiger partial charge in [0, 0.05) is 5.02 Å². The molecule has 17 heavy (non-hydrogen) atoms. The highest BCUT2D eigenvalue weighted by Crippen LogP contribution is 2.50. The molecule has 2 unspecified atom stereocenters. The van der Waals surface area contributed by atoms with E-state index in [2.05, 4.69) is 6.92 Å². The summed E-state index contributed by atoms with van der Waals surface area (Å²) in [4.78, 5) is 0. The van der Waals surface area contributed by atoms with E-state index in [-0.39, 0.29) is 0 Å². The van der Waals surface area contributed by atoms with E-state index in [1.165, 1.54) is 12.0 Å². The minimum absolute atomic E-state index is 0.551. The third-order valence-corrected chi connectivity index (χ3v) is 3.59. The molecular formula is C14H20ClNO. The van der Waals surface area contributed by atoms with E-state index in [0.29, 0.717) is 11.8 Å². The lowest BCUT2D eigenvalue weighted by molar-refractivity contribution is 0.306. The van der Waals surface area contributed by atoms with E-state index < -0.39 is 0 Å². The summed E-state index contributed by atoms with van der Waals surface area (Å²) >= 11 is 6.05. The molecule has 0 spiro atoms. The van der Waals surface area contributed by atoms with Crippen LogP contribution in [0.5, 0.6) is 5.75 Å². The summed E-state index contributed by atoms with van der Waals surface area (Å²) in [5, 5.41) is 0.783. The molecule has 1 aliphatic carbocycles. The number of halogens is 1. The Hall–Kier alpha value is -0.730. The van der Waals surface area contributed by atoms with Gasteiger partial charge in [0.25, 0.3) is 0 Å². The zero-order valence-electron chi connectivity index (χ0n) is 10.3. The highest BCUT2D eigenvalue weighted by Gasteiger charge is 2.38. The molecule has 1 saturated carbocycles. The third-order valence-electron chi connectivity index (χ3n) is 3.35. The molecule has 0 saturated heterocycles. The summed E-state index contributed by atoms with van der Waals surface area (Å²) in [6.07, 6.45) is 3.41. The van der Waals surface area contributed by atoms with Crippen molar-refractivity contribution in [1.29, 1.82) is 0 Å². The molecule has 2 atom stereocenters. The van der Waals surface area contributed by atoms with Crippen molar-refractivity contribution in [2.45, 2.75) is 32.1 Å². The zero-order chi connectivity index (χ0) is 12.3. The average Bonchev–Trinajstić information content (AvgIpc) is 3.10. The smallest absolute Gasteiger partial charge is 0.122 e. The van der Waals surface area contributed by atoms with Crippen molar-refractivity contribution in [3.63, 3.8) is 0 Å². The maximum absolute atomic E-state index is 6.05. The van der Waals surface area contributed by atoms with Gasteiger partial charge in [-0.1, -0.05) is 24.9 Å². The standard InChI is InChI=1S/C14H20ClNO/c1-2-3-6-17-14-5-4-11(15)8-13(14)12-7-10(12)9-16/h4-5,8,10,12H,2-3,6-7,9,16H2,1H3. The molecule has 1 aromatic carbocycles. The first-order valence-corrected chi connectivity index (χ1v) is 6.76. The van der Waals surface area contributed by atoms with Gasteiger partial charge in [-0.3, -0.25) is 0 Å². The maximum atomic E-state index is 6.05. The number of rotatable bonds is 6. The summed E-state index contributed by atoms with van der Waals surface area (Å²) < 4.78 is 5.83. The molecule has 94 valence electrons. The summed E-state index contributed by atoms with van der Waals surface area (Å²) in [6.45, 7) is 3.70. The highest BCUT2D eigenvalue weighted by molar-refractivity contribution is 6.30. The Balaban J connectivity index is 2.08. The molecule has 0 radical (unpaired) electrons. The minimum Gasteiger partial charge on any atom is -0.493 e. The van der Waals surface area contributed by atoms with Crippen molar-refractivity contribution >= 4 is 11.6 Å². The largest absolute Gasteiger partial charge is 0.493 e. The third kappa shape index (κ3) is 3.14. The van der Waals surface area contributed by atoms with Crippen LogP contribution in [-0.4, -0.2) is 13.2 Å². The van der Waals surface area contributed by atoms with Crippen LogP contribution in [0.2, 0.25) is 5.02 Å². The number of ether oxygens (including phenoxy) is 1. The number of hydrogen-bond acceptors (Lipinski definition) is 2. The summed E-state index contributed by atoms with van der Waals surface area (Å²) in [5.74, 6) is 2.15. The summed E-state index contributed by atoms with van der Waals surface area (Å²) in [5.41, 5.74) is 6.94. The molecule has 1 aliphatic rings. The number of nitrogens with two attached hydrogens (primary N) is 1. The van der Waals surface area contributed by atoms with Gasteiger partial charge in [-0.05, 0) is 55.0 Å². The fourth-order valence-corrected chi connectivity index (χ4v) is 2.34. The Morgan fingerprint density at radius 3 is 2.94 bits per heavy atom. The lowest BCUT2D eigenvalue weighted by Crippen LogP contribution is -2.04. The predicted octanol–water partition coefficient (Wildman–Crippen LogP) is 3.58. The molecule has 0 aromatic heterocycles. The monoisotopic (exact) mass is 253 g/mol. The van der Waals surface area contributed by atoms with Gasteiger partial charge in [0.1, 0.15) is 5.75 Å². The van der Waals surface area contributed by atoms with Crippen molar-refractivity contribution in [3.8, 4) is 5.75 Å². The van der Waals surface area contributed by atoms with Gasteiger partial charge in [-0.15, -0.1) is 0 Å². The fraction of sp³-hybridized carbons (Fsp3) is 0.571. The second kappa shape index (κ2) is 5.74. The van der Waals surface area contributed by atoms with Gasteiger partial charge in [0.05, 0.1) is 6.61 Å². The second-order valence-corrected chi connectivity index (χ2v) is 5.16. The van der Waals surface area contributed by atoms with Gasteiger partial charge in [-0.25, -0.2) is 0 Å². The fourth-order valence-electron chi connectivity index (χ4n) is 2.16. The van der Waals surface area contributed by atoms with Gasteiger partial charge in [0.2, 0.25) is 0 Å². The van der Waals surface area contributed by atoms with Crippen LogP contribution in [0.1, 0.15) is 37.7 Å². The van der Waals surface area contributed by atoms with Crippen LogP contribution in [0.25, 0.3) is 0 Å². The van der Waals surface area contributed by atoms with E-state index in [0.717, 1.165) is 36.8 Å². The van der Waals surface area contributed by atoms with Crippen LogP contribution in [0.3, 0.4) is 0 Å². The summed E-state index contributed by atoms with van der Waals surface area (Å²) in [7, 11) is 0. The first kappa shape index (κ1) is 12.7. The Labute approximate surface area is 108 Å². The van der Waals surface area contributed by atoms with Crippen LogP contribution >= 0.6 is 11.6 Å². The van der Waals surface area contributed by atoms with Crippen LogP contribution in [0.4, 0.5) is 0 Å². The SMILES string of the molecule is CCCCOc1ccc(Cl)cc1C1CC1CN. The van der Waals surface area contributed by atoms with Crippen molar-refractivity contribution in [1.82, 2.24) is 0 Å². The van der Waals surface area contributed by atoms with Crippen LogP contribution in [0.15, 0.2) is 18.2 Å². The molecule has 0 bridgehead atoms. The van der Waals surface area contributed by atoms with Gasteiger partial charge < -0.3 is 10.5 Å². The molecule has 2 nitrogen and oxygen atoms in total. The van der Waals surface area contributed by atoms with Crippen molar-refractivity contribution < 1.29 is 4.74 Å². The van der Waals surface area contributed by atoms with Crippen LogP contribution in [-0.2, 0) is 0 Å². The maximum Gasteiger partial charge on any atom is 0.122 e. The first-order chi connectivity index (χ1) is 8.26. The van der Waals surface area contributed by atoms with Gasteiger partial charge in [0.15, 0.2) is 0 Å². The Morgan fingerprint density at radius 2 is 2.29 bits per heavy atom. The minimum atomic E-state index is 0.551. The van der Waals surface area contributed by atoms with E-state index in [1.807, 2.05) is 18.2 Å². The quantitative estimate of drug-likeness (QED) is 0.787. The van der Waals surface area contributed by atoms with Gasteiger partial charge in [-0.2, -0.15) is 0 Å². The van der Waals surface area contributed by atoms with Gasteiger partial charge >= 0.3 is 0 Å². The van der Waals surface area contributed by atoms with Crippen molar-refractivity contribution in [2.75, 3.05) is 13.2 Å². The van der Waals surface area contributed by atoms with Crippen LogP contribution < -0.4 is 10.5 Å². The zero-order valence-corrected chi connectivity index (χ0v) is 11.0. The van der Waals surface area contributed by atoms with E-state index in [4.69, 9.17) is 22.1 Å². The number of hydrogen-bond donors (Lipinski definition) is 1. The second-order valence-electron chi connectivity index (χ2n) is 4.72. The molecule has 3 heteroatoms. The van der Waals surface area contributed by atoms with Crippen LogP contribution in [0, 0.1) is 5.92 Å². The van der Waals surface area contributed by atoms with Crippen molar-refractivity contribution in [2.24, 2.45) is 11.7 Å². The topological polar surface area (TPSA) is 35.2 Å². The molecule has 1 aromatic rings. The highest BCUT2D eigenvalue weighted by atomic mass is 35.5. The Kier molecular flexibility index (Phi) is 4.30. The molecule has 0 amide bonds. The van der Waals surface area contributed by atoms with E-state index in [1.54, 1.807) is 0 Å². The lowest BCUT2D eigenvalue weighted by Gasteiger charge is -2.11. The Bertz CT molecular complexity index is 380. The average molecular weight is 254 g/mol. The van der Waals surface area contributed by atoms with E-state index >= 15 is 0 Å². The molecule has 1 fully saturated rings. The molecule has 2 N–H and O–H groups in total. The number of benzene rings is 1. The van der Waals surface area contributed by atoms with E-state index in [9.17, 15) is 0 Å². The normalized spacial score (nSPS) is 22.5. The molecule has 0 aliphatic heterocycles. The molecular weight excluding hydrogens is 234 g/mol. The number of unbranched alkanes of at least 4 members (excludes halogenated alkanes) is 1. The van der Waals surface area contributed by atoms with Crippen molar-refractivity contribution in [3.05, 3.63) is 28.8 Å². The molecule has 2 rings (SSSR count). The first-order valence-electron chi connectivity index (χ1n) is 6.38. The Morgan fingerprint density at radius 1 is 1.47 bits per heavy atom.